The molecule has 0 aliphatic carbocycles. The Labute approximate surface area is 144 Å². The molecule has 0 N–H and O–H groups in total. The van der Waals surface area contributed by atoms with Crippen molar-refractivity contribution >= 4 is 28.0 Å². The van der Waals surface area contributed by atoms with Gasteiger partial charge in [-0.3, -0.25) is 4.79 Å². The summed E-state index contributed by atoms with van der Waals surface area (Å²) in [6.45, 7) is 3.91. The quantitative estimate of drug-likeness (QED) is 0.657. The summed E-state index contributed by atoms with van der Waals surface area (Å²) in [4.78, 5) is 13.1. The molecule has 4 rings (SSSR count). The van der Waals surface area contributed by atoms with Gasteiger partial charge in [0.25, 0.3) is 0 Å². The fraction of sp³-hybridized carbons (Fsp3) is 0.250. The van der Waals surface area contributed by atoms with Crippen LogP contribution in [0.15, 0.2) is 39.6 Å². The standard InChI is InChI=1S/C20H18O5/c1-20(2)9-8-11-10-12-16(21)15-13(22-3)6-5-7-14(15)24-18(12)19(23-4)17(11)25-20/h5-10H,1-4H3. The molecule has 1 aromatic heterocycles. The van der Waals surface area contributed by atoms with Crippen molar-refractivity contribution < 1.29 is 18.6 Å². The van der Waals surface area contributed by atoms with E-state index >= 15 is 0 Å². The van der Waals surface area contributed by atoms with E-state index in [4.69, 9.17) is 18.6 Å². The third-order valence-electron chi connectivity index (χ3n) is 4.34. The number of ether oxygens (including phenoxy) is 3. The van der Waals surface area contributed by atoms with Gasteiger partial charge in [0.15, 0.2) is 11.3 Å². The normalized spacial score (nSPS) is 15.0. The minimum atomic E-state index is -0.464. The minimum Gasteiger partial charge on any atom is -0.496 e. The first kappa shape index (κ1) is 15.6. The van der Waals surface area contributed by atoms with Crippen LogP contribution in [0.25, 0.3) is 28.0 Å². The largest absolute Gasteiger partial charge is 0.496 e. The first-order valence-electron chi connectivity index (χ1n) is 7.98. The maximum absolute atomic E-state index is 13.1. The molecule has 0 spiro atoms. The van der Waals surface area contributed by atoms with Gasteiger partial charge in [-0.2, -0.15) is 0 Å². The van der Waals surface area contributed by atoms with Gasteiger partial charge in [-0.1, -0.05) is 12.1 Å². The zero-order chi connectivity index (χ0) is 17.8. The Balaban J connectivity index is 2.17. The molecule has 5 nitrogen and oxygen atoms in total. The van der Waals surface area contributed by atoms with Gasteiger partial charge in [0.05, 0.1) is 19.6 Å². The van der Waals surface area contributed by atoms with E-state index in [1.165, 1.54) is 7.11 Å². The van der Waals surface area contributed by atoms with Crippen LogP contribution in [0, 0.1) is 0 Å². The second-order valence-corrected chi connectivity index (χ2v) is 6.51. The van der Waals surface area contributed by atoms with Crippen molar-refractivity contribution in [2.24, 2.45) is 0 Å². The fourth-order valence-electron chi connectivity index (χ4n) is 3.15. The van der Waals surface area contributed by atoms with Crippen LogP contribution >= 0.6 is 0 Å². The van der Waals surface area contributed by atoms with Crippen LogP contribution in [-0.2, 0) is 0 Å². The van der Waals surface area contributed by atoms with Crippen molar-refractivity contribution in [2.75, 3.05) is 14.2 Å². The first-order valence-corrected chi connectivity index (χ1v) is 7.98. The smallest absolute Gasteiger partial charge is 0.205 e. The van der Waals surface area contributed by atoms with Crippen molar-refractivity contribution in [1.29, 1.82) is 0 Å². The second kappa shape index (κ2) is 5.28. The summed E-state index contributed by atoms with van der Waals surface area (Å²) < 4.78 is 22.9. The molecule has 128 valence electrons. The van der Waals surface area contributed by atoms with Crippen LogP contribution in [-0.4, -0.2) is 19.8 Å². The van der Waals surface area contributed by atoms with Crippen LogP contribution in [0.2, 0.25) is 0 Å². The fourth-order valence-corrected chi connectivity index (χ4v) is 3.15. The Hall–Kier alpha value is -2.95. The monoisotopic (exact) mass is 338 g/mol. The van der Waals surface area contributed by atoms with Crippen molar-refractivity contribution in [2.45, 2.75) is 19.4 Å². The second-order valence-electron chi connectivity index (χ2n) is 6.51. The Kier molecular flexibility index (Phi) is 3.29. The summed E-state index contributed by atoms with van der Waals surface area (Å²) in [5.41, 5.74) is 0.978. The van der Waals surface area contributed by atoms with E-state index in [2.05, 4.69) is 0 Å². The summed E-state index contributed by atoms with van der Waals surface area (Å²) in [5.74, 6) is 1.48. The lowest BCUT2D eigenvalue weighted by Gasteiger charge is -2.29. The van der Waals surface area contributed by atoms with Crippen LogP contribution in [0.3, 0.4) is 0 Å². The number of methoxy groups -OCH3 is 2. The van der Waals surface area contributed by atoms with E-state index in [0.717, 1.165) is 5.56 Å². The molecule has 5 heteroatoms. The Morgan fingerprint density at radius 3 is 2.64 bits per heavy atom. The van der Waals surface area contributed by atoms with Gasteiger partial charge in [-0.05, 0) is 38.1 Å². The summed E-state index contributed by atoms with van der Waals surface area (Å²) in [7, 11) is 3.07. The number of fused-ring (bicyclic) bond motifs is 3. The van der Waals surface area contributed by atoms with Gasteiger partial charge in [-0.15, -0.1) is 0 Å². The van der Waals surface area contributed by atoms with Gasteiger partial charge >= 0.3 is 0 Å². The molecule has 25 heavy (non-hydrogen) atoms. The predicted octanol–water partition coefficient (Wildman–Crippen LogP) is 4.15. The molecule has 3 aromatic rings. The van der Waals surface area contributed by atoms with E-state index in [1.807, 2.05) is 26.0 Å². The SMILES string of the molecule is COc1c2c(cc3c(=O)c4c(OC)cccc4oc13)C=CC(C)(C)O2. The van der Waals surface area contributed by atoms with Gasteiger partial charge < -0.3 is 18.6 Å². The molecule has 0 atom stereocenters. The lowest BCUT2D eigenvalue weighted by molar-refractivity contribution is 0.152. The van der Waals surface area contributed by atoms with Gasteiger partial charge in [-0.25, -0.2) is 0 Å². The average Bonchev–Trinajstić information content (AvgIpc) is 2.59. The number of hydrogen-bond donors (Lipinski definition) is 0. The Morgan fingerprint density at radius 2 is 1.92 bits per heavy atom. The van der Waals surface area contributed by atoms with Crippen molar-refractivity contribution in [3.8, 4) is 17.2 Å². The summed E-state index contributed by atoms with van der Waals surface area (Å²) >= 11 is 0. The molecule has 0 saturated carbocycles. The highest BCUT2D eigenvalue weighted by Crippen LogP contribution is 2.44. The Bertz CT molecular complexity index is 1090. The molecule has 2 heterocycles. The third kappa shape index (κ3) is 2.27. The summed E-state index contributed by atoms with van der Waals surface area (Å²) in [6, 6.07) is 7.04. The minimum absolute atomic E-state index is 0.159. The molecular weight excluding hydrogens is 320 g/mol. The molecule has 1 aliphatic heterocycles. The van der Waals surface area contributed by atoms with Gasteiger partial charge in [0.1, 0.15) is 22.3 Å². The maximum Gasteiger partial charge on any atom is 0.205 e. The molecule has 1 aliphatic rings. The van der Waals surface area contributed by atoms with Crippen molar-refractivity contribution in [1.82, 2.24) is 0 Å². The van der Waals surface area contributed by atoms with E-state index in [1.54, 1.807) is 31.4 Å². The molecule has 0 bridgehead atoms. The molecular formula is C20H18O5. The number of hydrogen-bond acceptors (Lipinski definition) is 5. The molecule has 0 fully saturated rings. The van der Waals surface area contributed by atoms with E-state index in [9.17, 15) is 4.79 Å². The molecule has 0 unspecified atom stereocenters. The van der Waals surface area contributed by atoms with Gasteiger partial charge in [0.2, 0.25) is 11.2 Å². The zero-order valence-corrected chi connectivity index (χ0v) is 14.5. The summed E-state index contributed by atoms with van der Waals surface area (Å²) in [5, 5.41) is 0.848. The number of rotatable bonds is 2. The third-order valence-corrected chi connectivity index (χ3v) is 4.34. The highest BCUT2D eigenvalue weighted by Gasteiger charge is 2.28. The topological polar surface area (TPSA) is 57.9 Å². The van der Waals surface area contributed by atoms with Crippen LogP contribution < -0.4 is 19.6 Å². The maximum atomic E-state index is 13.1. The van der Waals surface area contributed by atoms with Crippen LogP contribution in [0.1, 0.15) is 19.4 Å². The van der Waals surface area contributed by atoms with Crippen molar-refractivity contribution in [3.63, 3.8) is 0 Å². The zero-order valence-electron chi connectivity index (χ0n) is 14.5. The van der Waals surface area contributed by atoms with Crippen LogP contribution in [0.4, 0.5) is 0 Å². The molecule has 0 amide bonds. The van der Waals surface area contributed by atoms with Gasteiger partial charge in [0, 0.05) is 5.56 Å². The molecule has 0 saturated heterocycles. The lowest BCUT2D eigenvalue weighted by atomic mass is 9.99. The van der Waals surface area contributed by atoms with E-state index in [0.29, 0.717) is 39.2 Å². The summed E-state index contributed by atoms with van der Waals surface area (Å²) in [6.07, 6.45) is 3.89. The number of benzene rings is 2. The highest BCUT2D eigenvalue weighted by molar-refractivity contribution is 5.98. The Morgan fingerprint density at radius 1 is 1.12 bits per heavy atom. The highest BCUT2D eigenvalue weighted by atomic mass is 16.5. The molecule has 0 radical (unpaired) electrons. The molecule has 2 aromatic carbocycles. The predicted molar refractivity (Wildman–Crippen MR) is 96.8 cm³/mol. The van der Waals surface area contributed by atoms with E-state index < -0.39 is 5.60 Å². The van der Waals surface area contributed by atoms with Crippen molar-refractivity contribution in [3.05, 3.63) is 46.1 Å². The first-order chi connectivity index (χ1) is 11.9. The lowest BCUT2D eigenvalue weighted by Crippen LogP contribution is -2.28. The van der Waals surface area contributed by atoms with E-state index in [-0.39, 0.29) is 5.43 Å². The average molecular weight is 338 g/mol. The van der Waals surface area contributed by atoms with Crippen LogP contribution in [0.5, 0.6) is 17.2 Å².